The molecular weight excluding hydrogens is 897 g/mol. The Morgan fingerprint density at radius 3 is 1.53 bits per heavy atom. The SMILES string of the molecule is CC(=O)OC(F)(F)C(C)(CF)OC(=O)N1CCN(CCSc2nc3cc(F)c(F)cc3[nH]2)CC1(C(=O)OC(C)(CF)C(F)(F)OC(C)=O)C(=O)OC(C)(CF)C(F)(F)OC(C)=O. The van der Waals surface area contributed by atoms with Crippen LogP contribution >= 0.6 is 11.8 Å². The quantitative estimate of drug-likeness (QED) is 0.0677. The van der Waals surface area contributed by atoms with Crippen LogP contribution in [-0.2, 0) is 52.4 Å². The highest BCUT2D eigenvalue weighted by atomic mass is 32.2. The number of aromatic nitrogens is 2. The molecular formula is C34H37F11N4O12S. The van der Waals surface area contributed by atoms with E-state index in [4.69, 9.17) is 0 Å². The number of alkyl halides is 9. The molecule has 16 nitrogen and oxygen atoms in total. The van der Waals surface area contributed by atoms with Gasteiger partial charge in [0.25, 0.3) is 5.54 Å². The van der Waals surface area contributed by atoms with Gasteiger partial charge in [0.1, 0.15) is 20.0 Å². The number of hydrogen-bond acceptors (Lipinski definition) is 15. The third-order valence-electron chi connectivity index (χ3n) is 8.97. The van der Waals surface area contributed by atoms with Gasteiger partial charge in [-0.25, -0.2) is 41.3 Å². The van der Waals surface area contributed by atoms with Gasteiger partial charge in [-0.1, -0.05) is 11.8 Å². The molecule has 1 amide bonds. The predicted molar refractivity (Wildman–Crippen MR) is 185 cm³/mol. The highest BCUT2D eigenvalue weighted by Crippen LogP contribution is 2.42. The molecule has 1 aliphatic rings. The van der Waals surface area contributed by atoms with Crippen LogP contribution in [0, 0.1) is 11.6 Å². The van der Waals surface area contributed by atoms with Crippen molar-refractivity contribution in [2.75, 3.05) is 52.0 Å². The van der Waals surface area contributed by atoms with Crippen LogP contribution < -0.4 is 0 Å². The van der Waals surface area contributed by atoms with Crippen LogP contribution in [0.25, 0.3) is 11.0 Å². The molecule has 1 aliphatic heterocycles. The minimum atomic E-state index is -5.17. The van der Waals surface area contributed by atoms with Crippen LogP contribution in [0.2, 0.25) is 0 Å². The Balaban J connectivity index is 2.26. The van der Waals surface area contributed by atoms with E-state index in [9.17, 15) is 50.7 Å². The summed E-state index contributed by atoms with van der Waals surface area (Å²) in [6.45, 7) is -9.70. The lowest BCUT2D eigenvalue weighted by molar-refractivity contribution is -0.322. The number of nitrogens with zero attached hydrogens (tertiary/aromatic N) is 3. The fourth-order valence-electron chi connectivity index (χ4n) is 5.30. The van der Waals surface area contributed by atoms with E-state index in [1.807, 2.05) is 0 Å². The highest BCUT2D eigenvalue weighted by molar-refractivity contribution is 7.99. The smallest absolute Gasteiger partial charge is 0.443 e. The maximum atomic E-state index is 15.3. The number of fused-ring (bicyclic) bond motifs is 1. The van der Waals surface area contributed by atoms with E-state index in [1.54, 1.807) is 0 Å². The van der Waals surface area contributed by atoms with E-state index in [0.717, 1.165) is 28.8 Å². The molecule has 1 saturated heterocycles. The summed E-state index contributed by atoms with van der Waals surface area (Å²) >= 11 is 0.788. The number of nitrogens with one attached hydrogen (secondary N) is 1. The van der Waals surface area contributed by atoms with Gasteiger partial charge in [0, 0.05) is 64.8 Å². The first-order chi connectivity index (χ1) is 28.4. The second-order valence-corrected chi connectivity index (χ2v) is 15.1. The molecule has 28 heteroatoms. The molecule has 1 aromatic carbocycles. The average Bonchev–Trinajstić information content (AvgIpc) is 3.53. The fraction of sp³-hybridized carbons (Fsp3) is 0.618. The lowest BCUT2D eigenvalue weighted by Gasteiger charge is -2.49. The molecule has 3 rings (SSSR count). The van der Waals surface area contributed by atoms with Crippen molar-refractivity contribution >= 4 is 58.7 Å². The number of piperazine rings is 1. The number of esters is 5. The fourth-order valence-corrected chi connectivity index (χ4v) is 6.18. The van der Waals surface area contributed by atoms with Crippen LogP contribution in [0.3, 0.4) is 0 Å². The minimum Gasteiger partial charge on any atom is -0.444 e. The number of imidazole rings is 1. The molecule has 0 spiro atoms. The van der Waals surface area contributed by atoms with Crippen LogP contribution in [0.1, 0.15) is 41.5 Å². The van der Waals surface area contributed by atoms with Gasteiger partial charge in [-0.3, -0.25) is 24.2 Å². The molecule has 0 radical (unpaired) electrons. The molecule has 1 fully saturated rings. The normalized spacial score (nSPS) is 19.3. The Labute approximate surface area is 347 Å². The number of benzene rings is 1. The van der Waals surface area contributed by atoms with E-state index in [0.29, 0.717) is 20.8 Å². The molecule has 3 unspecified atom stereocenters. The number of aromatic amines is 1. The molecule has 0 bridgehead atoms. The summed E-state index contributed by atoms with van der Waals surface area (Å²) in [5.41, 5.74) is -15.9. The Morgan fingerprint density at radius 1 is 0.694 bits per heavy atom. The third-order valence-corrected chi connectivity index (χ3v) is 9.83. The molecule has 348 valence electrons. The van der Waals surface area contributed by atoms with Crippen molar-refractivity contribution in [1.29, 1.82) is 0 Å². The van der Waals surface area contributed by atoms with Crippen molar-refractivity contribution in [3.8, 4) is 0 Å². The first-order valence-electron chi connectivity index (χ1n) is 17.5. The van der Waals surface area contributed by atoms with Gasteiger partial charge in [-0.2, -0.15) is 26.3 Å². The second kappa shape index (κ2) is 18.7. The summed E-state index contributed by atoms with van der Waals surface area (Å²) < 4.78 is 187. The molecule has 62 heavy (non-hydrogen) atoms. The number of amides is 1. The van der Waals surface area contributed by atoms with Gasteiger partial charge in [-0.05, 0) is 20.8 Å². The summed E-state index contributed by atoms with van der Waals surface area (Å²) in [5, 5.41) is -0.00524. The first-order valence-corrected chi connectivity index (χ1v) is 18.4. The Bertz CT molecular complexity index is 1950. The number of thioether (sulfide) groups is 1. The van der Waals surface area contributed by atoms with Gasteiger partial charge >= 0.3 is 54.3 Å². The lowest BCUT2D eigenvalue weighted by atomic mass is 9.92. The van der Waals surface area contributed by atoms with Gasteiger partial charge in [-0.15, -0.1) is 0 Å². The van der Waals surface area contributed by atoms with Crippen LogP contribution in [0.5, 0.6) is 0 Å². The van der Waals surface area contributed by atoms with Crippen molar-refractivity contribution < 1.29 is 105 Å². The molecule has 1 N–H and O–H groups in total. The maximum absolute atomic E-state index is 15.3. The zero-order chi connectivity index (χ0) is 47.4. The zero-order valence-electron chi connectivity index (χ0n) is 33.1. The minimum absolute atomic E-state index is 0.00524. The summed E-state index contributed by atoms with van der Waals surface area (Å²) in [4.78, 5) is 84.4. The summed E-state index contributed by atoms with van der Waals surface area (Å²) in [6, 6.07) is 1.52. The lowest BCUT2D eigenvalue weighted by Crippen LogP contribution is -2.75. The van der Waals surface area contributed by atoms with Gasteiger partial charge in [0.15, 0.2) is 16.8 Å². The summed E-state index contributed by atoms with van der Waals surface area (Å²) in [6.07, 6.45) is -17.8. The van der Waals surface area contributed by atoms with Gasteiger partial charge in [0.05, 0.1) is 11.0 Å². The molecule has 0 aliphatic carbocycles. The van der Waals surface area contributed by atoms with E-state index < -0.39 is 134 Å². The first kappa shape index (κ1) is 51.2. The number of hydrogen-bond donors (Lipinski definition) is 1. The van der Waals surface area contributed by atoms with E-state index >= 15 is 26.3 Å². The molecule has 2 heterocycles. The summed E-state index contributed by atoms with van der Waals surface area (Å²) in [5.74, 6) is -13.3. The van der Waals surface area contributed by atoms with Crippen LogP contribution in [0.4, 0.5) is 53.1 Å². The third kappa shape index (κ3) is 10.5. The number of H-pyrrole nitrogens is 1. The van der Waals surface area contributed by atoms with Crippen molar-refractivity contribution in [1.82, 2.24) is 19.8 Å². The van der Waals surface area contributed by atoms with E-state index in [2.05, 4.69) is 38.4 Å². The Morgan fingerprint density at radius 2 is 1.11 bits per heavy atom. The number of carbonyl (C=O) groups excluding carboxylic acids is 6. The van der Waals surface area contributed by atoms with Crippen LogP contribution in [-0.4, -0.2) is 148 Å². The topological polar surface area (TPSA) is 193 Å². The largest absolute Gasteiger partial charge is 0.444 e. The number of carbonyl (C=O) groups is 6. The van der Waals surface area contributed by atoms with Crippen LogP contribution in [0.15, 0.2) is 17.3 Å². The maximum Gasteiger partial charge on any atom is 0.443 e. The number of rotatable bonds is 18. The van der Waals surface area contributed by atoms with Crippen molar-refractivity contribution in [3.63, 3.8) is 0 Å². The number of halogens is 11. The zero-order valence-corrected chi connectivity index (χ0v) is 33.9. The molecule has 2 aromatic rings. The standard InChI is InChI=1S/C34H37F11N4O12S/c1-17(50)56-32(40,41)28(4,13-35)59-24(53)31(25(54)60-29(5,14-36)33(42,43)57-18(2)51)16-48(9-10-62-26-46-22-11-20(38)21(39)12-23(22)47-26)7-8-49(31)27(55)61-30(6,15-37)34(44,45)58-19(3)52/h11-12H,7-10,13-16H2,1-6H3,(H,46,47). The van der Waals surface area contributed by atoms with Gasteiger partial charge < -0.3 is 33.4 Å². The average molecular weight is 935 g/mol. The molecule has 3 atom stereocenters. The van der Waals surface area contributed by atoms with Crippen molar-refractivity contribution in [2.45, 2.75) is 87.4 Å². The van der Waals surface area contributed by atoms with E-state index in [-0.39, 0.29) is 47.6 Å². The number of ether oxygens (including phenoxy) is 6. The Kier molecular flexibility index (Phi) is 15.4. The Hall–Kier alpha value is -5.15. The van der Waals surface area contributed by atoms with Crippen molar-refractivity contribution in [3.05, 3.63) is 23.8 Å². The molecule has 0 saturated carbocycles. The predicted octanol–water partition coefficient (Wildman–Crippen LogP) is 5.16. The second-order valence-electron chi connectivity index (χ2n) is 14.0. The summed E-state index contributed by atoms with van der Waals surface area (Å²) in [7, 11) is 0. The van der Waals surface area contributed by atoms with Gasteiger partial charge in [0.2, 0.25) is 16.8 Å². The highest BCUT2D eigenvalue weighted by Gasteiger charge is 2.68. The monoisotopic (exact) mass is 934 g/mol. The molecule has 1 aromatic heterocycles. The van der Waals surface area contributed by atoms with Crippen molar-refractivity contribution in [2.24, 2.45) is 0 Å². The van der Waals surface area contributed by atoms with E-state index in [1.165, 1.54) is 0 Å².